The van der Waals surface area contributed by atoms with Gasteiger partial charge < -0.3 is 15.5 Å². The van der Waals surface area contributed by atoms with Gasteiger partial charge in [0.15, 0.2) is 0 Å². The first kappa shape index (κ1) is 17.3. The van der Waals surface area contributed by atoms with Crippen LogP contribution in [0.25, 0.3) is 0 Å². The van der Waals surface area contributed by atoms with Crippen molar-refractivity contribution < 1.29 is 4.79 Å². The van der Waals surface area contributed by atoms with Gasteiger partial charge in [-0.1, -0.05) is 6.07 Å². The van der Waals surface area contributed by atoms with Gasteiger partial charge in [0.05, 0.1) is 6.20 Å². The maximum absolute atomic E-state index is 12.1. The second-order valence-corrected chi connectivity index (χ2v) is 6.45. The van der Waals surface area contributed by atoms with Crippen LogP contribution in [0.5, 0.6) is 0 Å². The third-order valence-corrected chi connectivity index (χ3v) is 4.74. The van der Waals surface area contributed by atoms with E-state index in [1.807, 2.05) is 32.3 Å². The number of rotatable bonds is 5. The number of nitrogens with one attached hydrogen (secondary N) is 2. The van der Waals surface area contributed by atoms with E-state index < -0.39 is 0 Å². The number of piperidine rings is 1. The smallest absolute Gasteiger partial charge is 0.315 e. The summed E-state index contributed by atoms with van der Waals surface area (Å²) in [6.45, 7) is 5.00. The van der Waals surface area contributed by atoms with Crippen LogP contribution >= 0.6 is 0 Å². The number of pyridine rings is 1. The summed E-state index contributed by atoms with van der Waals surface area (Å²) in [5.41, 5.74) is 3.13. The quantitative estimate of drug-likeness (QED) is 0.873. The lowest BCUT2D eigenvalue weighted by Crippen LogP contribution is -2.36. The van der Waals surface area contributed by atoms with Crippen molar-refractivity contribution in [2.75, 3.05) is 18.0 Å². The van der Waals surface area contributed by atoms with Gasteiger partial charge in [0.1, 0.15) is 5.82 Å². The van der Waals surface area contributed by atoms with E-state index in [1.165, 1.54) is 19.3 Å². The maximum atomic E-state index is 12.1. The van der Waals surface area contributed by atoms with Crippen LogP contribution in [-0.4, -0.2) is 33.9 Å². The van der Waals surface area contributed by atoms with Crippen LogP contribution in [0.4, 0.5) is 10.6 Å². The first-order valence-corrected chi connectivity index (χ1v) is 8.83. The van der Waals surface area contributed by atoms with Gasteiger partial charge in [0.2, 0.25) is 0 Å². The normalized spacial score (nSPS) is 14.4. The Labute approximate surface area is 148 Å². The van der Waals surface area contributed by atoms with Crippen LogP contribution < -0.4 is 15.5 Å². The van der Waals surface area contributed by atoms with Crippen LogP contribution in [0.15, 0.2) is 24.5 Å². The van der Waals surface area contributed by atoms with Crippen molar-refractivity contribution in [3.8, 4) is 0 Å². The molecule has 25 heavy (non-hydrogen) atoms. The number of hydrogen-bond acceptors (Lipinski definition) is 4. The van der Waals surface area contributed by atoms with Gasteiger partial charge in [0, 0.05) is 56.2 Å². The Balaban J connectivity index is 1.54. The van der Waals surface area contributed by atoms with E-state index in [0.29, 0.717) is 13.1 Å². The number of aryl methyl sites for hydroxylation is 1. The first-order valence-electron chi connectivity index (χ1n) is 8.83. The minimum Gasteiger partial charge on any atom is -0.356 e. The molecule has 0 radical (unpaired) electrons. The maximum Gasteiger partial charge on any atom is 0.315 e. The number of carbonyl (C=O) groups is 1. The van der Waals surface area contributed by atoms with E-state index in [2.05, 4.69) is 25.6 Å². The molecule has 1 saturated heterocycles. The topological polar surface area (TPSA) is 75.1 Å². The summed E-state index contributed by atoms with van der Waals surface area (Å²) in [5.74, 6) is 0.991. The Morgan fingerprint density at radius 2 is 1.88 bits per heavy atom. The lowest BCUT2D eigenvalue weighted by molar-refractivity contribution is 0.240. The van der Waals surface area contributed by atoms with Crippen molar-refractivity contribution in [2.45, 2.75) is 39.3 Å². The third kappa shape index (κ3) is 4.29. The summed E-state index contributed by atoms with van der Waals surface area (Å²) in [7, 11) is 1.89. The molecule has 7 nitrogen and oxygen atoms in total. The molecule has 0 saturated carbocycles. The lowest BCUT2D eigenvalue weighted by atomic mass is 10.1. The minimum absolute atomic E-state index is 0.184. The van der Waals surface area contributed by atoms with Gasteiger partial charge in [-0.2, -0.15) is 5.10 Å². The van der Waals surface area contributed by atoms with E-state index in [1.54, 1.807) is 10.9 Å². The van der Waals surface area contributed by atoms with Crippen molar-refractivity contribution in [1.82, 2.24) is 25.4 Å². The molecule has 3 rings (SSSR count). The fourth-order valence-electron chi connectivity index (χ4n) is 3.09. The molecule has 0 spiro atoms. The van der Waals surface area contributed by atoms with Gasteiger partial charge in [-0.15, -0.1) is 0 Å². The van der Waals surface area contributed by atoms with Crippen molar-refractivity contribution in [1.29, 1.82) is 0 Å². The Morgan fingerprint density at radius 1 is 1.16 bits per heavy atom. The second kappa shape index (κ2) is 8.00. The Morgan fingerprint density at radius 3 is 2.56 bits per heavy atom. The van der Waals surface area contributed by atoms with Gasteiger partial charge in [-0.05, 0) is 32.3 Å². The lowest BCUT2D eigenvalue weighted by Gasteiger charge is -2.29. The highest BCUT2D eigenvalue weighted by molar-refractivity contribution is 5.74. The number of nitrogens with zero attached hydrogens (tertiary/aromatic N) is 4. The zero-order valence-corrected chi connectivity index (χ0v) is 15.0. The zero-order valence-electron chi connectivity index (χ0n) is 15.0. The number of amides is 2. The highest BCUT2D eigenvalue weighted by Crippen LogP contribution is 2.21. The van der Waals surface area contributed by atoms with Crippen LogP contribution in [0.3, 0.4) is 0 Å². The fourth-order valence-corrected chi connectivity index (χ4v) is 3.09. The number of carbonyl (C=O) groups excluding carboxylic acids is 1. The largest absolute Gasteiger partial charge is 0.356 e. The molecule has 0 aromatic carbocycles. The Bertz CT molecular complexity index is 720. The molecule has 1 fully saturated rings. The molecule has 0 unspecified atom stereocenters. The summed E-state index contributed by atoms with van der Waals surface area (Å²) in [6, 6.07) is 3.76. The molecule has 2 amide bonds. The monoisotopic (exact) mass is 342 g/mol. The Hall–Kier alpha value is -2.57. The summed E-state index contributed by atoms with van der Waals surface area (Å²) >= 11 is 0. The van der Waals surface area contributed by atoms with E-state index in [9.17, 15) is 4.79 Å². The van der Waals surface area contributed by atoms with Crippen LogP contribution in [0.2, 0.25) is 0 Å². The molecule has 0 atom stereocenters. The number of urea groups is 1. The van der Waals surface area contributed by atoms with Crippen molar-refractivity contribution in [3.63, 3.8) is 0 Å². The standard InChI is InChI=1S/C18H26N6O/c1-14-16(13-22-23(14)2)12-21-18(25)20-11-15-7-6-8-19-17(15)24-9-4-3-5-10-24/h6-8,13H,3-5,9-12H2,1-2H3,(H2,20,21,25). The van der Waals surface area contributed by atoms with E-state index in [4.69, 9.17) is 0 Å². The van der Waals surface area contributed by atoms with Gasteiger partial charge >= 0.3 is 6.03 Å². The molecule has 1 aliphatic heterocycles. The molecular formula is C18H26N6O. The van der Waals surface area contributed by atoms with Crippen LogP contribution in [0, 0.1) is 6.92 Å². The SMILES string of the molecule is Cc1c(CNC(=O)NCc2cccnc2N2CCCCC2)cnn1C. The molecule has 1 aliphatic rings. The van der Waals surface area contributed by atoms with E-state index in [0.717, 1.165) is 35.7 Å². The van der Waals surface area contributed by atoms with Gasteiger partial charge in [-0.25, -0.2) is 9.78 Å². The van der Waals surface area contributed by atoms with Crippen molar-refractivity contribution in [3.05, 3.63) is 41.3 Å². The Kier molecular flexibility index (Phi) is 5.53. The molecular weight excluding hydrogens is 316 g/mol. The molecule has 2 aromatic rings. The summed E-state index contributed by atoms with van der Waals surface area (Å²) in [6.07, 6.45) is 7.29. The molecule has 7 heteroatoms. The molecule has 2 aromatic heterocycles. The third-order valence-electron chi connectivity index (χ3n) is 4.74. The zero-order chi connectivity index (χ0) is 17.6. The molecule has 3 heterocycles. The van der Waals surface area contributed by atoms with Crippen molar-refractivity contribution >= 4 is 11.8 Å². The predicted octanol–water partition coefficient (Wildman–Crippen LogP) is 2.11. The van der Waals surface area contributed by atoms with Crippen molar-refractivity contribution in [2.24, 2.45) is 7.05 Å². The van der Waals surface area contributed by atoms with Crippen LogP contribution in [-0.2, 0) is 20.1 Å². The van der Waals surface area contributed by atoms with E-state index in [-0.39, 0.29) is 6.03 Å². The van der Waals surface area contributed by atoms with Gasteiger partial charge in [-0.3, -0.25) is 4.68 Å². The minimum atomic E-state index is -0.184. The van der Waals surface area contributed by atoms with Gasteiger partial charge in [0.25, 0.3) is 0 Å². The average Bonchev–Trinajstić information content (AvgIpc) is 2.97. The van der Waals surface area contributed by atoms with Crippen LogP contribution in [0.1, 0.15) is 36.1 Å². The number of aromatic nitrogens is 3. The van der Waals surface area contributed by atoms with E-state index >= 15 is 0 Å². The number of anilines is 1. The highest BCUT2D eigenvalue weighted by atomic mass is 16.2. The highest BCUT2D eigenvalue weighted by Gasteiger charge is 2.15. The molecule has 0 bridgehead atoms. The molecule has 2 N–H and O–H groups in total. The second-order valence-electron chi connectivity index (χ2n) is 6.45. The molecule has 0 aliphatic carbocycles. The molecule has 134 valence electrons. The summed E-state index contributed by atoms with van der Waals surface area (Å²) in [5, 5.41) is 10.00. The number of hydrogen-bond donors (Lipinski definition) is 2. The average molecular weight is 342 g/mol. The first-order chi connectivity index (χ1) is 12.1. The predicted molar refractivity (Wildman–Crippen MR) is 97.3 cm³/mol. The summed E-state index contributed by atoms with van der Waals surface area (Å²) in [4.78, 5) is 19.0. The summed E-state index contributed by atoms with van der Waals surface area (Å²) < 4.78 is 1.80. The fraction of sp³-hybridized carbons (Fsp3) is 0.500.